The predicted octanol–water partition coefficient (Wildman–Crippen LogP) is 2.77. The molecule has 0 saturated carbocycles. The van der Waals surface area contributed by atoms with E-state index in [1.807, 2.05) is 4.90 Å². The third kappa shape index (κ3) is 4.36. The van der Waals surface area contributed by atoms with Gasteiger partial charge in [-0.15, -0.1) is 0 Å². The zero-order chi connectivity index (χ0) is 24.8. The summed E-state index contributed by atoms with van der Waals surface area (Å²) in [5.74, 6) is 0.262. The molecule has 186 valence electrons. The number of ether oxygens (including phenoxy) is 2. The molecule has 0 N–H and O–H groups in total. The molecule has 10 heteroatoms. The third-order valence-electron chi connectivity index (χ3n) is 7.09. The van der Waals surface area contributed by atoms with E-state index in [-0.39, 0.29) is 23.4 Å². The van der Waals surface area contributed by atoms with Crippen molar-refractivity contribution in [2.75, 3.05) is 53.0 Å². The summed E-state index contributed by atoms with van der Waals surface area (Å²) in [5, 5.41) is 0. The third-order valence-corrected chi connectivity index (χ3v) is 7.09. The Balaban J connectivity index is 1.32. The van der Waals surface area contributed by atoms with Gasteiger partial charge in [0.15, 0.2) is 0 Å². The first-order valence-corrected chi connectivity index (χ1v) is 11.4. The molecular formula is C25H26F3N3O4. The number of benzene rings is 2. The van der Waals surface area contributed by atoms with Crippen molar-refractivity contribution in [3.05, 3.63) is 65.2 Å². The van der Waals surface area contributed by atoms with Crippen LogP contribution >= 0.6 is 0 Å². The van der Waals surface area contributed by atoms with Crippen LogP contribution in [0.25, 0.3) is 0 Å². The SMILES string of the molecule is COc1ccc(C(=O)N2C[C@@H]3COCCN3C3(C2)CN(C(=O)c2ccc(C(F)(F)F)cc2)C3)cc1. The number of methoxy groups -OCH3 is 1. The van der Waals surface area contributed by atoms with Gasteiger partial charge in [0.2, 0.25) is 0 Å². The van der Waals surface area contributed by atoms with Gasteiger partial charge in [0, 0.05) is 43.9 Å². The molecule has 0 unspecified atom stereocenters. The number of rotatable bonds is 3. The first-order chi connectivity index (χ1) is 16.7. The zero-order valence-corrected chi connectivity index (χ0v) is 19.3. The lowest BCUT2D eigenvalue weighted by atomic mass is 9.82. The van der Waals surface area contributed by atoms with Gasteiger partial charge in [0.25, 0.3) is 11.8 Å². The van der Waals surface area contributed by atoms with Gasteiger partial charge >= 0.3 is 6.18 Å². The number of amides is 2. The Kier molecular flexibility index (Phi) is 5.96. The average Bonchev–Trinajstić information content (AvgIpc) is 2.85. The highest BCUT2D eigenvalue weighted by Gasteiger charge is 2.56. The fraction of sp³-hybridized carbons (Fsp3) is 0.440. The lowest BCUT2D eigenvalue weighted by Crippen LogP contribution is -2.81. The molecule has 3 heterocycles. The minimum atomic E-state index is -4.45. The number of fused-ring (bicyclic) bond motifs is 2. The second-order valence-electron chi connectivity index (χ2n) is 9.30. The van der Waals surface area contributed by atoms with Crippen LogP contribution in [0.2, 0.25) is 0 Å². The largest absolute Gasteiger partial charge is 0.497 e. The van der Waals surface area contributed by atoms with Crippen LogP contribution in [0.3, 0.4) is 0 Å². The van der Waals surface area contributed by atoms with Crippen LogP contribution < -0.4 is 4.74 Å². The van der Waals surface area contributed by atoms with Gasteiger partial charge in [-0.3, -0.25) is 14.5 Å². The van der Waals surface area contributed by atoms with Gasteiger partial charge in [-0.2, -0.15) is 13.2 Å². The maximum atomic E-state index is 13.3. The zero-order valence-electron chi connectivity index (χ0n) is 19.3. The molecule has 0 bridgehead atoms. The van der Waals surface area contributed by atoms with E-state index in [2.05, 4.69) is 4.90 Å². The van der Waals surface area contributed by atoms with Crippen molar-refractivity contribution in [2.45, 2.75) is 17.8 Å². The molecule has 2 aromatic carbocycles. The second-order valence-corrected chi connectivity index (χ2v) is 9.30. The van der Waals surface area contributed by atoms with Crippen molar-refractivity contribution < 1.29 is 32.2 Å². The molecular weight excluding hydrogens is 463 g/mol. The highest BCUT2D eigenvalue weighted by atomic mass is 19.4. The standard InChI is InChI=1S/C25H26F3N3O4/c1-34-21-8-4-18(5-9-21)22(32)29-12-20-13-35-11-10-31(20)24(14-29)15-30(16-24)23(33)17-2-6-19(7-3-17)25(26,27)28/h2-9,20H,10-16H2,1H3/t20-/m1/s1. The number of nitrogens with zero attached hydrogens (tertiary/aromatic N) is 3. The van der Waals surface area contributed by atoms with E-state index < -0.39 is 17.3 Å². The molecule has 0 aromatic heterocycles. The minimum absolute atomic E-state index is 0.0167. The van der Waals surface area contributed by atoms with Crippen molar-refractivity contribution in [3.63, 3.8) is 0 Å². The first kappa shape index (κ1) is 23.6. The summed E-state index contributed by atoms with van der Waals surface area (Å²) >= 11 is 0. The van der Waals surface area contributed by atoms with Crippen LogP contribution in [-0.2, 0) is 10.9 Å². The molecule has 3 fully saturated rings. The molecule has 1 spiro atoms. The molecule has 5 rings (SSSR count). The summed E-state index contributed by atoms with van der Waals surface area (Å²) in [4.78, 5) is 32.1. The lowest BCUT2D eigenvalue weighted by Gasteiger charge is -2.63. The van der Waals surface area contributed by atoms with Crippen LogP contribution in [0.4, 0.5) is 13.2 Å². The van der Waals surface area contributed by atoms with Gasteiger partial charge in [-0.1, -0.05) is 0 Å². The molecule has 3 aliphatic heterocycles. The maximum Gasteiger partial charge on any atom is 0.416 e. The Morgan fingerprint density at radius 2 is 1.51 bits per heavy atom. The smallest absolute Gasteiger partial charge is 0.416 e. The molecule has 2 aromatic rings. The van der Waals surface area contributed by atoms with E-state index in [9.17, 15) is 22.8 Å². The lowest BCUT2D eigenvalue weighted by molar-refractivity contribution is -0.148. The number of hydrogen-bond donors (Lipinski definition) is 0. The van der Waals surface area contributed by atoms with E-state index >= 15 is 0 Å². The van der Waals surface area contributed by atoms with E-state index in [1.54, 1.807) is 36.3 Å². The normalized spacial score (nSPS) is 21.9. The van der Waals surface area contributed by atoms with E-state index in [0.29, 0.717) is 57.3 Å². The summed E-state index contributed by atoms with van der Waals surface area (Å²) in [6.45, 7) is 3.58. The Bertz CT molecular complexity index is 1100. The molecule has 7 nitrogen and oxygen atoms in total. The van der Waals surface area contributed by atoms with Gasteiger partial charge in [0.05, 0.1) is 37.5 Å². The van der Waals surface area contributed by atoms with Crippen molar-refractivity contribution >= 4 is 11.8 Å². The van der Waals surface area contributed by atoms with E-state index in [1.165, 1.54) is 12.1 Å². The number of piperazine rings is 1. The number of carbonyl (C=O) groups is 2. The van der Waals surface area contributed by atoms with Gasteiger partial charge < -0.3 is 19.3 Å². The Hall–Kier alpha value is -3.11. The first-order valence-electron chi connectivity index (χ1n) is 11.4. The van der Waals surface area contributed by atoms with Crippen LogP contribution in [0.15, 0.2) is 48.5 Å². The molecule has 0 aliphatic carbocycles. The fourth-order valence-corrected chi connectivity index (χ4v) is 5.34. The van der Waals surface area contributed by atoms with Crippen LogP contribution in [0.1, 0.15) is 26.3 Å². The van der Waals surface area contributed by atoms with Crippen molar-refractivity contribution in [1.29, 1.82) is 0 Å². The summed E-state index contributed by atoms with van der Waals surface area (Å²) in [6.07, 6.45) is -4.45. The Morgan fingerprint density at radius 3 is 2.11 bits per heavy atom. The Morgan fingerprint density at radius 1 is 0.943 bits per heavy atom. The monoisotopic (exact) mass is 489 g/mol. The molecule has 3 aliphatic rings. The predicted molar refractivity (Wildman–Crippen MR) is 120 cm³/mol. The van der Waals surface area contributed by atoms with Gasteiger partial charge in [0.1, 0.15) is 5.75 Å². The van der Waals surface area contributed by atoms with Crippen LogP contribution in [0, 0.1) is 0 Å². The van der Waals surface area contributed by atoms with E-state index in [4.69, 9.17) is 9.47 Å². The summed E-state index contributed by atoms with van der Waals surface area (Å²) in [5.41, 5.74) is -0.419. The number of carbonyl (C=O) groups excluding carboxylic acids is 2. The topological polar surface area (TPSA) is 62.3 Å². The Labute approximate surface area is 201 Å². The highest BCUT2D eigenvalue weighted by Crippen LogP contribution is 2.37. The van der Waals surface area contributed by atoms with Crippen LogP contribution in [0.5, 0.6) is 5.75 Å². The van der Waals surface area contributed by atoms with E-state index in [0.717, 1.165) is 12.1 Å². The maximum absolute atomic E-state index is 13.3. The fourth-order valence-electron chi connectivity index (χ4n) is 5.34. The number of likely N-dealkylation sites (tertiary alicyclic amines) is 1. The van der Waals surface area contributed by atoms with Crippen molar-refractivity contribution in [2.24, 2.45) is 0 Å². The van der Waals surface area contributed by atoms with Crippen LogP contribution in [-0.4, -0.2) is 91.1 Å². The number of hydrogen-bond acceptors (Lipinski definition) is 5. The number of morpholine rings is 1. The summed E-state index contributed by atoms with van der Waals surface area (Å²) in [6, 6.07) is 11.3. The summed E-state index contributed by atoms with van der Waals surface area (Å²) < 4.78 is 49.5. The number of halogens is 3. The molecule has 0 radical (unpaired) electrons. The summed E-state index contributed by atoms with van der Waals surface area (Å²) in [7, 11) is 1.57. The van der Waals surface area contributed by atoms with Gasteiger partial charge in [-0.25, -0.2) is 0 Å². The molecule has 2 amide bonds. The van der Waals surface area contributed by atoms with Crippen molar-refractivity contribution in [3.8, 4) is 5.75 Å². The second kappa shape index (κ2) is 8.83. The van der Waals surface area contributed by atoms with Gasteiger partial charge in [-0.05, 0) is 48.5 Å². The number of alkyl halides is 3. The minimum Gasteiger partial charge on any atom is -0.497 e. The molecule has 35 heavy (non-hydrogen) atoms. The average molecular weight is 489 g/mol. The highest BCUT2D eigenvalue weighted by molar-refractivity contribution is 5.96. The molecule has 1 atom stereocenters. The molecule has 3 saturated heterocycles. The quantitative estimate of drug-likeness (QED) is 0.664. The van der Waals surface area contributed by atoms with Crippen molar-refractivity contribution in [1.82, 2.24) is 14.7 Å².